The summed E-state index contributed by atoms with van der Waals surface area (Å²) in [4.78, 5) is 21.0. The Labute approximate surface area is 136 Å². The molecule has 0 spiro atoms. The zero-order valence-electron chi connectivity index (χ0n) is 13.8. The first-order chi connectivity index (χ1) is 11.1. The van der Waals surface area contributed by atoms with E-state index < -0.39 is 0 Å². The molecular formula is C18H23N3O2. The second-order valence-electron chi connectivity index (χ2n) is 5.56. The highest BCUT2D eigenvalue weighted by Gasteiger charge is 2.14. The van der Waals surface area contributed by atoms with E-state index in [0.717, 1.165) is 28.9 Å². The van der Waals surface area contributed by atoms with E-state index in [2.05, 4.69) is 15.3 Å². The molecule has 5 heteroatoms. The molecule has 0 saturated carbocycles. The zero-order valence-corrected chi connectivity index (χ0v) is 13.8. The first-order valence-electron chi connectivity index (χ1n) is 7.96. The van der Waals surface area contributed by atoms with Gasteiger partial charge in [-0.05, 0) is 18.4 Å². The maximum Gasteiger partial charge on any atom is 0.228 e. The van der Waals surface area contributed by atoms with Crippen LogP contribution in [0.15, 0.2) is 30.5 Å². The minimum atomic E-state index is -0.0489. The van der Waals surface area contributed by atoms with Crippen LogP contribution in [0.4, 0.5) is 5.82 Å². The normalized spacial score (nSPS) is 12.0. The van der Waals surface area contributed by atoms with Crippen molar-refractivity contribution in [2.24, 2.45) is 5.92 Å². The molecular weight excluding hydrogens is 290 g/mol. The van der Waals surface area contributed by atoms with Gasteiger partial charge in [0.1, 0.15) is 0 Å². The molecule has 0 aliphatic heterocycles. The number of anilines is 1. The lowest BCUT2D eigenvalue weighted by Crippen LogP contribution is -2.21. The largest absolute Gasteiger partial charge is 0.392 e. The molecule has 0 bridgehead atoms. The van der Waals surface area contributed by atoms with E-state index in [4.69, 9.17) is 5.11 Å². The molecule has 0 radical (unpaired) electrons. The number of aryl methyl sites for hydroxylation is 1. The molecule has 1 heterocycles. The quantitative estimate of drug-likeness (QED) is 0.859. The predicted molar refractivity (Wildman–Crippen MR) is 90.9 cm³/mol. The smallest absolute Gasteiger partial charge is 0.228 e. The molecule has 122 valence electrons. The summed E-state index contributed by atoms with van der Waals surface area (Å²) in [7, 11) is 0. The van der Waals surface area contributed by atoms with Gasteiger partial charge < -0.3 is 10.4 Å². The van der Waals surface area contributed by atoms with Crippen LogP contribution in [0.5, 0.6) is 0 Å². The van der Waals surface area contributed by atoms with Crippen LogP contribution in [0.2, 0.25) is 0 Å². The average molecular weight is 313 g/mol. The van der Waals surface area contributed by atoms with Gasteiger partial charge in [0, 0.05) is 11.5 Å². The first-order valence-corrected chi connectivity index (χ1v) is 7.96. The van der Waals surface area contributed by atoms with Crippen molar-refractivity contribution >= 4 is 11.7 Å². The van der Waals surface area contributed by atoms with Crippen LogP contribution in [-0.2, 0) is 17.8 Å². The first kappa shape index (κ1) is 17.1. The number of aliphatic hydroxyl groups is 1. The Morgan fingerprint density at radius 2 is 1.96 bits per heavy atom. The number of benzene rings is 1. The van der Waals surface area contributed by atoms with Crippen molar-refractivity contribution in [3.8, 4) is 11.3 Å². The predicted octanol–water partition coefficient (Wildman–Crippen LogP) is 3.18. The van der Waals surface area contributed by atoms with Gasteiger partial charge in [-0.25, -0.2) is 9.97 Å². The van der Waals surface area contributed by atoms with Gasteiger partial charge in [-0.2, -0.15) is 0 Å². The van der Waals surface area contributed by atoms with Crippen LogP contribution in [0, 0.1) is 5.92 Å². The fraction of sp³-hybridized carbons (Fsp3) is 0.389. The monoisotopic (exact) mass is 313 g/mol. The van der Waals surface area contributed by atoms with Crippen LogP contribution in [0.3, 0.4) is 0 Å². The fourth-order valence-corrected chi connectivity index (χ4v) is 2.12. The maximum atomic E-state index is 12.0. The molecule has 5 nitrogen and oxygen atoms in total. The molecule has 1 amide bonds. The van der Waals surface area contributed by atoms with Crippen LogP contribution in [-0.4, -0.2) is 21.0 Å². The minimum Gasteiger partial charge on any atom is -0.392 e. The molecule has 2 N–H and O–H groups in total. The molecule has 1 atom stereocenters. The molecule has 0 aliphatic carbocycles. The van der Waals surface area contributed by atoms with Crippen molar-refractivity contribution in [1.82, 2.24) is 9.97 Å². The second-order valence-corrected chi connectivity index (χ2v) is 5.56. The number of amides is 1. The third kappa shape index (κ3) is 4.13. The maximum absolute atomic E-state index is 12.0. The van der Waals surface area contributed by atoms with Crippen molar-refractivity contribution in [2.45, 2.75) is 40.2 Å². The Bertz CT molecular complexity index is 668. The lowest BCUT2D eigenvalue weighted by molar-refractivity contribution is -0.119. The SMILES string of the molecule is CCc1nc(-c2ccc(CO)cc2)cnc1NC(=O)C(C)CC. The molecule has 23 heavy (non-hydrogen) atoms. The van der Waals surface area contributed by atoms with E-state index in [-0.39, 0.29) is 18.4 Å². The van der Waals surface area contributed by atoms with E-state index in [1.165, 1.54) is 0 Å². The fourth-order valence-electron chi connectivity index (χ4n) is 2.12. The standard InChI is InChI=1S/C18H23N3O2/c1-4-12(3)18(23)21-17-15(5-2)20-16(10-19-17)14-8-6-13(11-22)7-9-14/h6-10,12,22H,4-5,11H2,1-3H3,(H,19,21,23). The number of nitrogens with zero attached hydrogens (tertiary/aromatic N) is 2. The Morgan fingerprint density at radius 1 is 1.26 bits per heavy atom. The topological polar surface area (TPSA) is 75.1 Å². The van der Waals surface area contributed by atoms with Gasteiger partial charge in [0.05, 0.1) is 24.2 Å². The molecule has 1 unspecified atom stereocenters. The lowest BCUT2D eigenvalue weighted by atomic mass is 10.1. The van der Waals surface area contributed by atoms with Gasteiger partial charge in [0.2, 0.25) is 5.91 Å². The Balaban J connectivity index is 2.26. The highest BCUT2D eigenvalue weighted by Crippen LogP contribution is 2.21. The second kappa shape index (κ2) is 7.83. The van der Waals surface area contributed by atoms with Crippen LogP contribution in [0.1, 0.15) is 38.4 Å². The van der Waals surface area contributed by atoms with Crippen LogP contribution < -0.4 is 5.32 Å². The molecule has 2 rings (SSSR count). The van der Waals surface area contributed by atoms with E-state index in [0.29, 0.717) is 12.2 Å². The van der Waals surface area contributed by atoms with Crippen molar-refractivity contribution in [1.29, 1.82) is 0 Å². The summed E-state index contributed by atoms with van der Waals surface area (Å²) in [5, 5.41) is 12.0. The van der Waals surface area contributed by atoms with E-state index in [9.17, 15) is 4.79 Å². The Hall–Kier alpha value is -2.27. The van der Waals surface area contributed by atoms with E-state index in [1.54, 1.807) is 6.20 Å². The molecule has 1 aromatic heterocycles. The highest BCUT2D eigenvalue weighted by molar-refractivity contribution is 5.91. The van der Waals surface area contributed by atoms with Gasteiger partial charge >= 0.3 is 0 Å². The molecule has 2 aromatic rings. The number of aromatic nitrogens is 2. The number of carbonyl (C=O) groups excluding carboxylic acids is 1. The zero-order chi connectivity index (χ0) is 16.8. The summed E-state index contributed by atoms with van der Waals surface area (Å²) in [5.41, 5.74) is 3.32. The highest BCUT2D eigenvalue weighted by atomic mass is 16.3. The minimum absolute atomic E-state index is 0.0206. The Morgan fingerprint density at radius 3 is 2.52 bits per heavy atom. The lowest BCUT2D eigenvalue weighted by Gasteiger charge is -2.13. The van der Waals surface area contributed by atoms with Crippen molar-refractivity contribution in [3.05, 3.63) is 41.7 Å². The third-order valence-electron chi connectivity index (χ3n) is 3.91. The van der Waals surface area contributed by atoms with Gasteiger partial charge in [-0.15, -0.1) is 0 Å². The third-order valence-corrected chi connectivity index (χ3v) is 3.91. The average Bonchev–Trinajstić information content (AvgIpc) is 2.61. The number of hydrogen-bond donors (Lipinski definition) is 2. The summed E-state index contributed by atoms with van der Waals surface area (Å²) < 4.78 is 0. The van der Waals surface area contributed by atoms with Crippen molar-refractivity contribution < 1.29 is 9.90 Å². The molecule has 1 aromatic carbocycles. The van der Waals surface area contributed by atoms with Gasteiger partial charge in [-0.1, -0.05) is 45.0 Å². The van der Waals surface area contributed by atoms with Crippen LogP contribution >= 0.6 is 0 Å². The Kier molecular flexibility index (Phi) is 5.82. The van der Waals surface area contributed by atoms with E-state index in [1.807, 2.05) is 45.0 Å². The van der Waals surface area contributed by atoms with E-state index >= 15 is 0 Å². The molecule has 0 fully saturated rings. The summed E-state index contributed by atoms with van der Waals surface area (Å²) in [6, 6.07) is 7.54. The van der Waals surface area contributed by atoms with Crippen molar-refractivity contribution in [3.63, 3.8) is 0 Å². The van der Waals surface area contributed by atoms with Gasteiger partial charge in [0.15, 0.2) is 5.82 Å². The summed E-state index contributed by atoms with van der Waals surface area (Å²) >= 11 is 0. The number of nitrogens with one attached hydrogen (secondary N) is 1. The summed E-state index contributed by atoms with van der Waals surface area (Å²) in [6.45, 7) is 5.88. The van der Waals surface area contributed by atoms with Gasteiger partial charge in [0.25, 0.3) is 0 Å². The molecule has 0 saturated heterocycles. The van der Waals surface area contributed by atoms with Crippen LogP contribution in [0.25, 0.3) is 11.3 Å². The van der Waals surface area contributed by atoms with Gasteiger partial charge in [-0.3, -0.25) is 4.79 Å². The number of carbonyl (C=O) groups is 1. The number of hydrogen-bond acceptors (Lipinski definition) is 4. The number of aliphatic hydroxyl groups excluding tert-OH is 1. The molecule has 0 aliphatic rings. The summed E-state index contributed by atoms with van der Waals surface area (Å²) in [6.07, 6.45) is 3.14. The van der Waals surface area contributed by atoms with Crippen molar-refractivity contribution in [2.75, 3.05) is 5.32 Å². The summed E-state index contributed by atoms with van der Waals surface area (Å²) in [5.74, 6) is 0.456. The number of rotatable bonds is 6.